The summed E-state index contributed by atoms with van der Waals surface area (Å²) in [5, 5.41) is 8.14. The molecule has 1 saturated heterocycles. The number of carbonyl (C=O) groups is 3. The van der Waals surface area contributed by atoms with E-state index in [1.165, 1.54) is 6.07 Å². The van der Waals surface area contributed by atoms with E-state index in [2.05, 4.69) is 16.0 Å². The predicted octanol–water partition coefficient (Wildman–Crippen LogP) is 2.95. The molecule has 1 fully saturated rings. The second-order valence-corrected chi connectivity index (χ2v) is 8.13. The fourth-order valence-corrected chi connectivity index (χ4v) is 3.67. The van der Waals surface area contributed by atoms with E-state index < -0.39 is 35.1 Å². The van der Waals surface area contributed by atoms with Crippen LogP contribution in [0.4, 0.5) is 20.2 Å². The van der Waals surface area contributed by atoms with E-state index >= 15 is 0 Å². The Kier molecular flexibility index (Phi) is 7.29. The van der Waals surface area contributed by atoms with Gasteiger partial charge >= 0.3 is 0 Å². The van der Waals surface area contributed by atoms with Gasteiger partial charge in [0.25, 0.3) is 5.91 Å². The topological polar surface area (TPSA) is 90.5 Å². The molecule has 0 aromatic heterocycles. The minimum Gasteiger partial charge on any atom is -0.359 e. The highest BCUT2D eigenvalue weighted by Crippen LogP contribution is 2.29. The van der Waals surface area contributed by atoms with E-state index in [4.69, 9.17) is 11.6 Å². The molecule has 0 saturated carbocycles. The number of halogens is 3. The monoisotopic (exact) mass is 464 g/mol. The summed E-state index contributed by atoms with van der Waals surface area (Å²) in [7, 11) is 0. The van der Waals surface area contributed by atoms with Gasteiger partial charge in [-0.3, -0.25) is 14.4 Å². The molecule has 1 unspecified atom stereocenters. The van der Waals surface area contributed by atoms with Gasteiger partial charge in [-0.15, -0.1) is 0 Å². The average Bonchev–Trinajstić information content (AvgIpc) is 2.71. The predicted molar refractivity (Wildman–Crippen MR) is 118 cm³/mol. The van der Waals surface area contributed by atoms with Crippen LogP contribution in [-0.4, -0.2) is 43.4 Å². The summed E-state index contributed by atoms with van der Waals surface area (Å²) in [6.07, 6.45) is 0. The molecule has 2 aromatic rings. The summed E-state index contributed by atoms with van der Waals surface area (Å²) in [5.74, 6) is -4.09. The third kappa shape index (κ3) is 5.34. The number of carbonyl (C=O) groups excluding carboxylic acids is 3. The summed E-state index contributed by atoms with van der Waals surface area (Å²) in [6.45, 7) is 4.68. The average molecular weight is 465 g/mol. The van der Waals surface area contributed by atoms with Crippen LogP contribution in [0.25, 0.3) is 0 Å². The molecule has 2 aromatic carbocycles. The van der Waals surface area contributed by atoms with Crippen molar-refractivity contribution >= 4 is 40.7 Å². The Balaban J connectivity index is 1.73. The Morgan fingerprint density at radius 1 is 1.16 bits per heavy atom. The van der Waals surface area contributed by atoms with Crippen LogP contribution in [0.5, 0.6) is 0 Å². The minimum absolute atomic E-state index is 0.105. The highest BCUT2D eigenvalue weighted by atomic mass is 35.5. The van der Waals surface area contributed by atoms with Gasteiger partial charge in [-0.25, -0.2) is 8.78 Å². The number of nitrogens with one attached hydrogen (secondary N) is 3. The molecule has 0 radical (unpaired) electrons. The lowest BCUT2D eigenvalue weighted by atomic mass is 10.0. The molecule has 7 nitrogen and oxygen atoms in total. The van der Waals surface area contributed by atoms with Crippen LogP contribution < -0.4 is 20.9 Å². The molecule has 0 bridgehead atoms. The van der Waals surface area contributed by atoms with E-state index in [9.17, 15) is 23.2 Å². The summed E-state index contributed by atoms with van der Waals surface area (Å²) in [5.41, 5.74) is 0.286. The van der Waals surface area contributed by atoms with Gasteiger partial charge in [0.05, 0.1) is 17.3 Å². The van der Waals surface area contributed by atoms with Crippen molar-refractivity contribution in [2.45, 2.75) is 19.9 Å². The van der Waals surface area contributed by atoms with Gasteiger partial charge in [-0.2, -0.15) is 0 Å². The molecule has 3 N–H and O–H groups in total. The number of rotatable bonds is 6. The molecule has 1 aliphatic rings. The first-order chi connectivity index (χ1) is 15.2. The highest BCUT2D eigenvalue weighted by Gasteiger charge is 2.27. The second kappa shape index (κ2) is 9.95. The molecular weight excluding hydrogens is 442 g/mol. The maximum Gasteiger partial charge on any atom is 0.257 e. The van der Waals surface area contributed by atoms with Gasteiger partial charge in [-0.05, 0) is 36.2 Å². The van der Waals surface area contributed by atoms with Crippen LogP contribution in [0.15, 0.2) is 36.4 Å². The Hall–Kier alpha value is -3.20. The van der Waals surface area contributed by atoms with E-state index in [1.807, 2.05) is 4.90 Å². The largest absolute Gasteiger partial charge is 0.359 e. The smallest absolute Gasteiger partial charge is 0.257 e. The normalized spacial score (nSPS) is 14.7. The fraction of sp³-hybridized carbons (Fsp3) is 0.318. The Labute approximate surface area is 189 Å². The Morgan fingerprint density at radius 2 is 1.84 bits per heavy atom. The molecule has 0 spiro atoms. The van der Waals surface area contributed by atoms with Crippen molar-refractivity contribution < 1.29 is 23.2 Å². The van der Waals surface area contributed by atoms with Crippen molar-refractivity contribution in [3.63, 3.8) is 0 Å². The summed E-state index contributed by atoms with van der Waals surface area (Å²) in [4.78, 5) is 38.7. The fourth-order valence-electron chi connectivity index (χ4n) is 3.37. The van der Waals surface area contributed by atoms with Crippen LogP contribution in [0, 0.1) is 17.6 Å². The van der Waals surface area contributed by atoms with Crippen molar-refractivity contribution in [3.05, 3.63) is 58.6 Å². The molecule has 3 rings (SSSR count). The van der Waals surface area contributed by atoms with Crippen molar-refractivity contribution in [3.8, 4) is 0 Å². The standard InChI is InChI=1S/C22H23ClF2N4O3/c1-12(2)20(28-21(31)19-15(24)4-3-5-16(19)25)22(32)27-13-6-7-17(14(23)10-13)29-9-8-26-18(30)11-29/h3-7,10,12,20H,8-9,11H2,1-2H3,(H,26,30)(H,27,32)(H,28,31). The molecular formula is C22H23ClF2N4O3. The lowest BCUT2D eigenvalue weighted by Gasteiger charge is -2.29. The van der Waals surface area contributed by atoms with E-state index in [-0.39, 0.29) is 18.4 Å². The first-order valence-electron chi connectivity index (χ1n) is 10.0. The lowest BCUT2D eigenvalue weighted by Crippen LogP contribution is -2.48. The lowest BCUT2D eigenvalue weighted by molar-refractivity contribution is -0.120. The van der Waals surface area contributed by atoms with Crippen molar-refractivity contribution in [1.29, 1.82) is 0 Å². The number of anilines is 2. The second-order valence-electron chi connectivity index (χ2n) is 7.72. The molecule has 1 aliphatic heterocycles. The quantitative estimate of drug-likeness (QED) is 0.613. The van der Waals surface area contributed by atoms with Gasteiger partial charge in [0, 0.05) is 18.8 Å². The zero-order valence-electron chi connectivity index (χ0n) is 17.5. The molecule has 170 valence electrons. The molecule has 0 aliphatic carbocycles. The summed E-state index contributed by atoms with van der Waals surface area (Å²) < 4.78 is 27.8. The maximum atomic E-state index is 13.9. The van der Waals surface area contributed by atoms with Crippen LogP contribution in [0.2, 0.25) is 5.02 Å². The van der Waals surface area contributed by atoms with Crippen LogP contribution >= 0.6 is 11.6 Å². The zero-order valence-corrected chi connectivity index (χ0v) is 18.3. The number of hydrogen-bond acceptors (Lipinski definition) is 4. The Morgan fingerprint density at radius 3 is 2.44 bits per heavy atom. The Bertz CT molecular complexity index is 1030. The van der Waals surface area contributed by atoms with Gasteiger partial charge < -0.3 is 20.9 Å². The third-order valence-corrected chi connectivity index (χ3v) is 5.32. The number of amides is 3. The van der Waals surface area contributed by atoms with Crippen molar-refractivity contribution in [2.24, 2.45) is 5.92 Å². The van der Waals surface area contributed by atoms with Gasteiger partial charge in [0.15, 0.2) is 0 Å². The van der Waals surface area contributed by atoms with Gasteiger partial charge in [0.1, 0.15) is 23.2 Å². The van der Waals surface area contributed by atoms with E-state index in [0.29, 0.717) is 29.5 Å². The van der Waals surface area contributed by atoms with Crippen LogP contribution in [0.1, 0.15) is 24.2 Å². The number of hydrogen-bond donors (Lipinski definition) is 3. The van der Waals surface area contributed by atoms with E-state index in [1.54, 1.807) is 26.0 Å². The maximum absolute atomic E-state index is 13.9. The van der Waals surface area contributed by atoms with Crippen LogP contribution in [-0.2, 0) is 9.59 Å². The van der Waals surface area contributed by atoms with Crippen molar-refractivity contribution in [1.82, 2.24) is 10.6 Å². The molecule has 32 heavy (non-hydrogen) atoms. The first kappa shape index (κ1) is 23.5. The highest BCUT2D eigenvalue weighted by molar-refractivity contribution is 6.33. The van der Waals surface area contributed by atoms with E-state index in [0.717, 1.165) is 18.2 Å². The van der Waals surface area contributed by atoms with Gasteiger partial charge in [-0.1, -0.05) is 31.5 Å². The minimum atomic E-state index is -1.05. The molecule has 10 heteroatoms. The molecule has 1 heterocycles. The summed E-state index contributed by atoms with van der Waals surface area (Å²) in [6, 6.07) is 6.89. The SMILES string of the molecule is CC(C)C(NC(=O)c1c(F)cccc1F)C(=O)Nc1ccc(N2CCNC(=O)C2)c(Cl)c1. The molecule has 1 atom stereocenters. The van der Waals surface area contributed by atoms with Crippen LogP contribution in [0.3, 0.4) is 0 Å². The number of piperazine rings is 1. The molecule has 3 amide bonds. The third-order valence-electron chi connectivity index (χ3n) is 5.02. The van der Waals surface area contributed by atoms with Gasteiger partial charge in [0.2, 0.25) is 11.8 Å². The zero-order chi connectivity index (χ0) is 23.4. The number of nitrogens with zero attached hydrogens (tertiary/aromatic N) is 1. The first-order valence-corrected chi connectivity index (χ1v) is 10.4. The number of benzene rings is 2. The van der Waals surface area contributed by atoms with Crippen molar-refractivity contribution in [2.75, 3.05) is 29.9 Å². The summed E-state index contributed by atoms with van der Waals surface area (Å²) >= 11 is 6.36.